The van der Waals surface area contributed by atoms with Crippen LogP contribution in [0.3, 0.4) is 0 Å². The lowest BCUT2D eigenvalue weighted by Gasteiger charge is -2.17. The number of hydrogen-bond donors (Lipinski definition) is 3. The highest BCUT2D eigenvalue weighted by Gasteiger charge is 2.30. The van der Waals surface area contributed by atoms with Crippen molar-refractivity contribution in [3.05, 3.63) is 94.1 Å². The van der Waals surface area contributed by atoms with Gasteiger partial charge >= 0.3 is 12.1 Å². The number of ether oxygens (including phenoxy) is 1. The summed E-state index contributed by atoms with van der Waals surface area (Å²) >= 11 is 3.48. The molecule has 7 heteroatoms. The third-order valence-electron chi connectivity index (χ3n) is 6.11. The maximum Gasteiger partial charge on any atom is 0.407 e. The number of para-hydroxylation sites is 1. The SMILES string of the molecule is O=C(N[C@@H](Cc1c[nH]c2c(Br)cccc12)C(=O)O)OCC1c2ccccc2-c2ccccc21. The van der Waals surface area contributed by atoms with Crippen LogP contribution in [0.15, 0.2) is 77.4 Å². The Bertz CT molecular complexity index is 1320. The molecule has 0 aliphatic heterocycles. The number of aromatic amines is 1. The molecule has 0 saturated heterocycles. The molecule has 1 aromatic heterocycles. The van der Waals surface area contributed by atoms with E-state index >= 15 is 0 Å². The lowest BCUT2D eigenvalue weighted by molar-refractivity contribution is -0.139. The van der Waals surface area contributed by atoms with Crippen molar-refractivity contribution in [1.29, 1.82) is 0 Å². The average Bonchev–Trinajstić information content (AvgIpc) is 3.37. The van der Waals surface area contributed by atoms with E-state index < -0.39 is 18.1 Å². The number of alkyl carbamates (subject to hydrolysis) is 1. The van der Waals surface area contributed by atoms with E-state index in [0.29, 0.717) is 0 Å². The van der Waals surface area contributed by atoms with Crippen LogP contribution in [0.5, 0.6) is 0 Å². The summed E-state index contributed by atoms with van der Waals surface area (Å²) in [6, 6.07) is 20.7. The van der Waals surface area contributed by atoms with Gasteiger partial charge in [0.1, 0.15) is 12.6 Å². The summed E-state index contributed by atoms with van der Waals surface area (Å²) in [7, 11) is 0. The van der Waals surface area contributed by atoms with E-state index in [1.54, 1.807) is 6.20 Å². The molecule has 1 amide bonds. The number of rotatable bonds is 6. The number of H-pyrrole nitrogens is 1. The minimum absolute atomic E-state index is 0.0857. The molecule has 33 heavy (non-hydrogen) atoms. The van der Waals surface area contributed by atoms with Gasteiger partial charge in [0.05, 0.1) is 5.52 Å². The number of carbonyl (C=O) groups is 2. The van der Waals surface area contributed by atoms with Crippen LogP contribution in [0.1, 0.15) is 22.6 Å². The highest BCUT2D eigenvalue weighted by molar-refractivity contribution is 9.10. The first-order chi connectivity index (χ1) is 16.0. The maximum atomic E-state index is 12.6. The van der Waals surface area contributed by atoms with Crippen molar-refractivity contribution >= 4 is 38.9 Å². The fraction of sp³-hybridized carbons (Fsp3) is 0.154. The lowest BCUT2D eigenvalue weighted by atomic mass is 9.98. The number of carbonyl (C=O) groups excluding carboxylic acids is 1. The molecule has 0 fully saturated rings. The van der Waals surface area contributed by atoms with E-state index in [1.165, 1.54) is 0 Å². The van der Waals surface area contributed by atoms with Crippen molar-refractivity contribution in [2.45, 2.75) is 18.4 Å². The lowest BCUT2D eigenvalue weighted by Crippen LogP contribution is -2.42. The van der Waals surface area contributed by atoms with Crippen molar-refractivity contribution in [1.82, 2.24) is 10.3 Å². The number of nitrogens with one attached hydrogen (secondary N) is 2. The minimum atomic E-state index is -1.12. The molecule has 3 N–H and O–H groups in total. The zero-order valence-corrected chi connectivity index (χ0v) is 19.1. The standard InChI is InChI=1S/C26H21BrN2O4/c27-22-11-5-10-16-15(13-28-24(16)22)12-23(25(30)31)29-26(32)33-14-21-19-8-3-1-6-17(19)18-7-2-4-9-20(18)21/h1-11,13,21,23,28H,12,14H2,(H,29,32)(H,30,31)/t23-/m0/s1. The van der Waals surface area contributed by atoms with Gasteiger partial charge in [-0.05, 0) is 49.8 Å². The Balaban J connectivity index is 1.29. The molecule has 1 heterocycles. The van der Waals surface area contributed by atoms with Gasteiger partial charge in [-0.25, -0.2) is 9.59 Å². The fourth-order valence-electron chi connectivity index (χ4n) is 4.55. The van der Waals surface area contributed by atoms with Crippen LogP contribution < -0.4 is 5.32 Å². The van der Waals surface area contributed by atoms with Crippen LogP contribution in [0.2, 0.25) is 0 Å². The average molecular weight is 505 g/mol. The molecule has 0 radical (unpaired) electrons. The Kier molecular flexibility index (Phi) is 5.64. The van der Waals surface area contributed by atoms with E-state index in [9.17, 15) is 14.7 Å². The van der Waals surface area contributed by atoms with Gasteiger partial charge in [0, 0.05) is 28.4 Å². The van der Waals surface area contributed by atoms with Crippen LogP contribution in [0.25, 0.3) is 22.0 Å². The molecule has 4 aromatic rings. The first-order valence-electron chi connectivity index (χ1n) is 10.6. The molecule has 0 spiro atoms. The number of carboxylic acid groups (broad SMARTS) is 1. The number of halogens is 1. The Morgan fingerprint density at radius 2 is 1.67 bits per heavy atom. The topological polar surface area (TPSA) is 91.4 Å². The summed E-state index contributed by atoms with van der Waals surface area (Å²) < 4.78 is 6.41. The third kappa shape index (κ3) is 4.00. The number of carboxylic acids is 1. The van der Waals surface area contributed by atoms with E-state index in [0.717, 1.165) is 43.2 Å². The first kappa shape index (κ1) is 21.3. The fourth-order valence-corrected chi connectivity index (χ4v) is 5.03. The highest BCUT2D eigenvalue weighted by atomic mass is 79.9. The van der Waals surface area contributed by atoms with E-state index in [4.69, 9.17) is 4.74 Å². The smallest absolute Gasteiger partial charge is 0.407 e. The summed E-state index contributed by atoms with van der Waals surface area (Å²) in [5, 5.41) is 13.1. The van der Waals surface area contributed by atoms with Crippen LogP contribution in [0.4, 0.5) is 4.79 Å². The summed E-state index contributed by atoms with van der Waals surface area (Å²) in [6.07, 6.45) is 1.16. The Hall–Kier alpha value is -3.58. The molecular weight excluding hydrogens is 484 g/mol. The second kappa shape index (κ2) is 8.75. The molecule has 166 valence electrons. The Morgan fingerprint density at radius 3 is 2.33 bits per heavy atom. The van der Waals surface area contributed by atoms with Gasteiger partial charge in [-0.1, -0.05) is 60.7 Å². The highest BCUT2D eigenvalue weighted by Crippen LogP contribution is 2.44. The van der Waals surface area contributed by atoms with E-state index in [2.05, 4.69) is 38.4 Å². The molecule has 5 rings (SSSR count). The Labute approximate surface area is 198 Å². The van der Waals surface area contributed by atoms with Crippen molar-refractivity contribution in [2.24, 2.45) is 0 Å². The van der Waals surface area contributed by atoms with Crippen LogP contribution >= 0.6 is 15.9 Å². The summed E-state index contributed by atoms with van der Waals surface area (Å²) in [6.45, 7) is 0.131. The first-order valence-corrected chi connectivity index (χ1v) is 11.4. The summed E-state index contributed by atoms with van der Waals surface area (Å²) in [4.78, 5) is 27.6. The predicted octanol–water partition coefficient (Wildman–Crippen LogP) is 5.46. The van der Waals surface area contributed by atoms with Gasteiger partial charge in [-0.15, -0.1) is 0 Å². The van der Waals surface area contributed by atoms with Gasteiger partial charge in [-0.3, -0.25) is 0 Å². The van der Waals surface area contributed by atoms with Crippen LogP contribution in [0, 0.1) is 0 Å². The van der Waals surface area contributed by atoms with Crippen LogP contribution in [-0.4, -0.2) is 34.8 Å². The predicted molar refractivity (Wildman–Crippen MR) is 129 cm³/mol. The molecule has 0 saturated carbocycles. The number of hydrogen-bond acceptors (Lipinski definition) is 3. The van der Waals surface area contributed by atoms with Crippen molar-refractivity contribution in [3.8, 4) is 11.1 Å². The third-order valence-corrected chi connectivity index (χ3v) is 6.77. The van der Waals surface area contributed by atoms with Crippen LogP contribution in [-0.2, 0) is 16.0 Å². The van der Waals surface area contributed by atoms with Gasteiger partial charge in [0.15, 0.2) is 0 Å². The van der Waals surface area contributed by atoms with Gasteiger partial charge in [0.25, 0.3) is 0 Å². The maximum absolute atomic E-state index is 12.6. The Morgan fingerprint density at radius 1 is 1.00 bits per heavy atom. The minimum Gasteiger partial charge on any atom is -0.480 e. The quantitative estimate of drug-likeness (QED) is 0.324. The van der Waals surface area contributed by atoms with E-state index in [1.807, 2.05) is 54.6 Å². The number of aliphatic carboxylic acids is 1. The summed E-state index contributed by atoms with van der Waals surface area (Å²) in [5.41, 5.74) is 6.17. The van der Waals surface area contributed by atoms with Gasteiger partial charge in [-0.2, -0.15) is 0 Å². The van der Waals surface area contributed by atoms with Gasteiger partial charge < -0.3 is 20.1 Å². The second-order valence-corrected chi connectivity index (χ2v) is 8.90. The number of benzene rings is 3. The largest absolute Gasteiger partial charge is 0.480 e. The van der Waals surface area contributed by atoms with Gasteiger partial charge in [0.2, 0.25) is 0 Å². The normalized spacial score (nSPS) is 13.4. The molecule has 0 bridgehead atoms. The molecule has 1 atom stereocenters. The number of aromatic nitrogens is 1. The summed E-state index contributed by atoms with van der Waals surface area (Å²) in [5.74, 6) is -1.20. The molecule has 0 unspecified atom stereocenters. The monoisotopic (exact) mass is 504 g/mol. The molecule has 3 aromatic carbocycles. The molecule has 1 aliphatic rings. The van der Waals surface area contributed by atoms with Crippen molar-refractivity contribution < 1.29 is 19.4 Å². The molecule has 1 aliphatic carbocycles. The van der Waals surface area contributed by atoms with Crippen molar-refractivity contribution in [2.75, 3.05) is 6.61 Å². The second-order valence-electron chi connectivity index (χ2n) is 8.04. The number of amides is 1. The van der Waals surface area contributed by atoms with E-state index in [-0.39, 0.29) is 18.9 Å². The molecular formula is C26H21BrN2O4. The zero-order chi connectivity index (χ0) is 22.9. The molecule has 6 nitrogen and oxygen atoms in total. The van der Waals surface area contributed by atoms with Crippen molar-refractivity contribution in [3.63, 3.8) is 0 Å². The zero-order valence-electron chi connectivity index (χ0n) is 17.5. The number of fused-ring (bicyclic) bond motifs is 4.